The van der Waals surface area contributed by atoms with Crippen molar-refractivity contribution in [3.05, 3.63) is 52.5 Å². The van der Waals surface area contributed by atoms with Crippen molar-refractivity contribution in [1.29, 1.82) is 0 Å². The predicted molar refractivity (Wildman–Crippen MR) is 90.3 cm³/mol. The van der Waals surface area contributed by atoms with Gasteiger partial charge in [-0.3, -0.25) is 4.79 Å². The second-order valence-electron chi connectivity index (χ2n) is 5.24. The molecule has 0 aliphatic rings. The smallest absolute Gasteiger partial charge is 0.261 e. The van der Waals surface area contributed by atoms with E-state index in [0.717, 1.165) is 54.0 Å². The van der Waals surface area contributed by atoms with Crippen LogP contribution >= 0.6 is 11.3 Å². The van der Waals surface area contributed by atoms with Gasteiger partial charge in [-0.25, -0.2) is 4.98 Å². The Morgan fingerprint density at radius 2 is 2.05 bits per heavy atom. The van der Waals surface area contributed by atoms with E-state index in [2.05, 4.69) is 15.3 Å². The van der Waals surface area contributed by atoms with Crippen molar-refractivity contribution in [2.24, 2.45) is 0 Å². The number of benzene rings is 1. The molecule has 0 spiro atoms. The highest BCUT2D eigenvalue weighted by atomic mass is 32.1. The van der Waals surface area contributed by atoms with E-state index in [0.29, 0.717) is 0 Å². The standard InChI is InChI=1S/C17H19N3OS/c21-17(15-9-6-12-22-15)18-11-5-1-2-10-16-19-13-7-3-4-8-14(13)20-16/h3-4,6-9,12H,1-2,5,10-11H2,(H,18,21)(H,19,20). The number of nitrogens with zero attached hydrogens (tertiary/aromatic N) is 1. The van der Waals surface area contributed by atoms with E-state index >= 15 is 0 Å². The molecule has 2 aromatic heterocycles. The van der Waals surface area contributed by atoms with Gasteiger partial charge in [-0.2, -0.15) is 0 Å². The lowest BCUT2D eigenvalue weighted by Gasteiger charge is -2.03. The maximum atomic E-state index is 11.7. The Morgan fingerprint density at radius 3 is 2.86 bits per heavy atom. The summed E-state index contributed by atoms with van der Waals surface area (Å²) in [5.41, 5.74) is 2.13. The van der Waals surface area contributed by atoms with Gasteiger partial charge in [0, 0.05) is 13.0 Å². The van der Waals surface area contributed by atoms with Gasteiger partial charge >= 0.3 is 0 Å². The summed E-state index contributed by atoms with van der Waals surface area (Å²) in [6.45, 7) is 0.733. The van der Waals surface area contributed by atoms with Crippen molar-refractivity contribution in [1.82, 2.24) is 15.3 Å². The number of nitrogens with one attached hydrogen (secondary N) is 2. The Hall–Kier alpha value is -2.14. The summed E-state index contributed by atoms with van der Waals surface area (Å²) < 4.78 is 0. The van der Waals surface area contributed by atoms with Gasteiger partial charge in [-0.15, -0.1) is 11.3 Å². The van der Waals surface area contributed by atoms with Crippen LogP contribution in [0.15, 0.2) is 41.8 Å². The normalized spacial score (nSPS) is 10.9. The monoisotopic (exact) mass is 313 g/mol. The minimum Gasteiger partial charge on any atom is -0.351 e. The van der Waals surface area contributed by atoms with Crippen LogP contribution in [0.2, 0.25) is 0 Å². The number of aromatic amines is 1. The van der Waals surface area contributed by atoms with Crippen molar-refractivity contribution in [2.45, 2.75) is 25.7 Å². The molecule has 0 aliphatic carbocycles. The topological polar surface area (TPSA) is 57.8 Å². The highest BCUT2D eigenvalue weighted by Gasteiger charge is 2.05. The molecule has 22 heavy (non-hydrogen) atoms. The van der Waals surface area contributed by atoms with Gasteiger partial charge in [-0.05, 0) is 36.4 Å². The average Bonchev–Trinajstić information content (AvgIpc) is 3.19. The lowest BCUT2D eigenvalue weighted by Crippen LogP contribution is -2.23. The van der Waals surface area contributed by atoms with E-state index in [1.54, 1.807) is 0 Å². The number of para-hydroxylation sites is 2. The SMILES string of the molecule is O=C(NCCCCCc1nc2ccccc2[nH]1)c1cccs1. The second-order valence-corrected chi connectivity index (χ2v) is 6.19. The van der Waals surface area contributed by atoms with Crippen LogP contribution in [0.5, 0.6) is 0 Å². The Labute approximate surface area is 133 Å². The summed E-state index contributed by atoms with van der Waals surface area (Å²) in [6, 6.07) is 11.8. The average molecular weight is 313 g/mol. The van der Waals surface area contributed by atoms with E-state index in [-0.39, 0.29) is 5.91 Å². The van der Waals surface area contributed by atoms with Crippen LogP contribution in [-0.2, 0) is 6.42 Å². The van der Waals surface area contributed by atoms with Crippen molar-refractivity contribution in [3.8, 4) is 0 Å². The van der Waals surface area contributed by atoms with Crippen molar-refractivity contribution in [3.63, 3.8) is 0 Å². The van der Waals surface area contributed by atoms with Crippen molar-refractivity contribution >= 4 is 28.3 Å². The third kappa shape index (κ3) is 3.74. The molecular formula is C17H19N3OS. The maximum Gasteiger partial charge on any atom is 0.261 e. The summed E-state index contributed by atoms with van der Waals surface area (Å²) >= 11 is 1.47. The number of carbonyl (C=O) groups excluding carboxylic acids is 1. The van der Waals surface area contributed by atoms with Crippen LogP contribution in [0.25, 0.3) is 11.0 Å². The number of unbranched alkanes of at least 4 members (excludes halogenated alkanes) is 2. The Bertz CT molecular complexity index is 700. The van der Waals surface area contributed by atoms with Gasteiger partial charge in [0.1, 0.15) is 5.82 Å². The molecule has 0 saturated heterocycles. The summed E-state index contributed by atoms with van der Waals surface area (Å²) in [5.74, 6) is 1.08. The van der Waals surface area contributed by atoms with Crippen LogP contribution in [0.1, 0.15) is 34.8 Å². The fraction of sp³-hybridized carbons (Fsp3) is 0.294. The lowest BCUT2D eigenvalue weighted by atomic mass is 10.2. The fourth-order valence-corrected chi connectivity index (χ4v) is 3.06. The van der Waals surface area contributed by atoms with Crippen molar-refractivity contribution < 1.29 is 4.79 Å². The van der Waals surface area contributed by atoms with Crippen LogP contribution in [0, 0.1) is 0 Å². The molecule has 3 rings (SSSR count). The molecule has 5 heteroatoms. The quantitative estimate of drug-likeness (QED) is 0.652. The Balaban J connectivity index is 1.34. The van der Waals surface area contributed by atoms with Crippen LogP contribution in [-0.4, -0.2) is 22.4 Å². The van der Waals surface area contributed by atoms with E-state index in [9.17, 15) is 4.79 Å². The van der Waals surface area contributed by atoms with E-state index in [1.807, 2.05) is 41.8 Å². The molecule has 1 aromatic carbocycles. The molecule has 1 amide bonds. The number of carbonyl (C=O) groups is 1. The van der Waals surface area contributed by atoms with Gasteiger partial charge in [-0.1, -0.05) is 24.6 Å². The van der Waals surface area contributed by atoms with E-state index in [4.69, 9.17) is 0 Å². The number of rotatable bonds is 7. The molecule has 2 N–H and O–H groups in total. The molecule has 0 aliphatic heterocycles. The Morgan fingerprint density at radius 1 is 1.14 bits per heavy atom. The molecule has 0 saturated carbocycles. The number of aryl methyl sites for hydroxylation is 1. The molecule has 0 bridgehead atoms. The first-order valence-electron chi connectivity index (χ1n) is 7.58. The largest absolute Gasteiger partial charge is 0.351 e. The molecule has 114 valence electrons. The zero-order chi connectivity index (χ0) is 15.2. The fourth-order valence-electron chi connectivity index (χ4n) is 2.42. The van der Waals surface area contributed by atoms with Crippen LogP contribution in [0.4, 0.5) is 0 Å². The van der Waals surface area contributed by atoms with Gasteiger partial charge in [0.15, 0.2) is 0 Å². The highest BCUT2D eigenvalue weighted by molar-refractivity contribution is 7.12. The van der Waals surface area contributed by atoms with Gasteiger partial charge in [0.05, 0.1) is 15.9 Å². The maximum absolute atomic E-state index is 11.7. The third-order valence-electron chi connectivity index (χ3n) is 3.56. The van der Waals surface area contributed by atoms with Gasteiger partial charge in [0.2, 0.25) is 0 Å². The second kappa shape index (κ2) is 7.22. The number of hydrogen-bond acceptors (Lipinski definition) is 3. The van der Waals surface area contributed by atoms with Crippen molar-refractivity contribution in [2.75, 3.05) is 6.54 Å². The number of thiophene rings is 1. The molecule has 3 aromatic rings. The molecule has 0 fully saturated rings. The predicted octanol–water partition coefficient (Wildman–Crippen LogP) is 3.77. The summed E-state index contributed by atoms with van der Waals surface area (Å²) in [4.78, 5) is 20.4. The third-order valence-corrected chi connectivity index (χ3v) is 4.43. The number of fused-ring (bicyclic) bond motifs is 1. The lowest BCUT2D eigenvalue weighted by molar-refractivity contribution is 0.0957. The number of hydrogen-bond donors (Lipinski definition) is 2. The first-order valence-corrected chi connectivity index (χ1v) is 8.46. The van der Waals surface area contributed by atoms with E-state index in [1.165, 1.54) is 11.3 Å². The highest BCUT2D eigenvalue weighted by Crippen LogP contribution is 2.12. The zero-order valence-electron chi connectivity index (χ0n) is 12.3. The molecular weight excluding hydrogens is 294 g/mol. The van der Waals surface area contributed by atoms with E-state index < -0.39 is 0 Å². The summed E-state index contributed by atoms with van der Waals surface area (Å²) in [6.07, 6.45) is 4.11. The number of amides is 1. The molecule has 0 atom stereocenters. The first kappa shape index (κ1) is 14.8. The number of aromatic nitrogens is 2. The van der Waals surface area contributed by atoms with Gasteiger partial charge in [0.25, 0.3) is 5.91 Å². The van der Waals surface area contributed by atoms with Crippen LogP contribution in [0.3, 0.4) is 0 Å². The van der Waals surface area contributed by atoms with Gasteiger partial charge < -0.3 is 10.3 Å². The first-order chi connectivity index (χ1) is 10.8. The summed E-state index contributed by atoms with van der Waals surface area (Å²) in [7, 11) is 0. The molecule has 0 radical (unpaired) electrons. The Kier molecular flexibility index (Phi) is 4.85. The molecule has 4 nitrogen and oxygen atoms in total. The number of H-pyrrole nitrogens is 1. The summed E-state index contributed by atoms with van der Waals surface area (Å²) in [5, 5.41) is 4.87. The molecule has 0 unspecified atom stereocenters. The number of imidazole rings is 1. The van der Waals surface area contributed by atoms with Crippen LogP contribution < -0.4 is 5.32 Å². The minimum absolute atomic E-state index is 0.0345. The minimum atomic E-state index is 0.0345. The molecule has 2 heterocycles. The zero-order valence-corrected chi connectivity index (χ0v) is 13.2.